The van der Waals surface area contributed by atoms with Gasteiger partial charge in [0.15, 0.2) is 0 Å². The fourth-order valence-electron chi connectivity index (χ4n) is 4.85. The number of hydrogen-bond donors (Lipinski definition) is 1. The lowest BCUT2D eigenvalue weighted by molar-refractivity contribution is -0.140. The number of rotatable bonds is 12. The largest absolute Gasteiger partial charge is 0.355 e. The average molecular weight is 618 g/mol. The molecule has 0 aliphatic rings. The molecule has 0 saturated carbocycles. The van der Waals surface area contributed by atoms with E-state index in [1.165, 1.54) is 23.1 Å². The van der Waals surface area contributed by atoms with Crippen LogP contribution in [0.2, 0.25) is 5.02 Å². The lowest BCUT2D eigenvalue weighted by atomic mass is 10.0. The maximum Gasteiger partial charge on any atom is 0.264 e. The molecule has 0 aliphatic carbocycles. The van der Waals surface area contributed by atoms with Crippen molar-refractivity contribution in [1.29, 1.82) is 0 Å². The maximum atomic E-state index is 14.4. The highest BCUT2D eigenvalue weighted by Crippen LogP contribution is 2.27. The van der Waals surface area contributed by atoms with Gasteiger partial charge in [-0.3, -0.25) is 13.9 Å². The number of amides is 2. The predicted octanol–water partition coefficient (Wildman–Crippen LogP) is 5.93. The zero-order valence-electron chi connectivity index (χ0n) is 24.5. The summed E-state index contributed by atoms with van der Waals surface area (Å²) in [7, 11) is -4.18. The van der Waals surface area contributed by atoms with Crippen molar-refractivity contribution in [1.82, 2.24) is 10.2 Å². The van der Waals surface area contributed by atoms with Gasteiger partial charge >= 0.3 is 0 Å². The molecule has 0 bridgehead atoms. The monoisotopic (exact) mass is 617 g/mol. The molecule has 224 valence electrons. The van der Waals surface area contributed by atoms with E-state index >= 15 is 0 Å². The highest BCUT2D eigenvalue weighted by atomic mass is 35.5. The maximum absolute atomic E-state index is 14.4. The molecule has 9 heteroatoms. The molecule has 7 nitrogen and oxygen atoms in total. The van der Waals surface area contributed by atoms with Gasteiger partial charge in [0.1, 0.15) is 12.6 Å². The second kappa shape index (κ2) is 14.4. The number of nitrogens with zero attached hydrogens (tertiary/aromatic N) is 2. The van der Waals surface area contributed by atoms with Crippen LogP contribution >= 0.6 is 11.6 Å². The van der Waals surface area contributed by atoms with Crippen LogP contribution in [0.4, 0.5) is 5.69 Å². The molecule has 4 aromatic rings. The van der Waals surface area contributed by atoms with Gasteiger partial charge in [-0.1, -0.05) is 95.5 Å². The Hall–Kier alpha value is -4.14. The van der Waals surface area contributed by atoms with Gasteiger partial charge < -0.3 is 10.2 Å². The SMILES string of the molecule is CCNC(=O)[C@@H](Cc1ccccc1)N(Cc1cccc(C)c1)C(=O)CN(c1cccc(Cl)c1)S(=O)(=O)c1ccc(C)cc1. The molecule has 1 N–H and O–H groups in total. The van der Waals surface area contributed by atoms with Crippen LogP contribution in [0, 0.1) is 13.8 Å². The third-order valence-electron chi connectivity index (χ3n) is 7.04. The molecule has 2 amide bonds. The Kier molecular flexibility index (Phi) is 10.6. The van der Waals surface area contributed by atoms with E-state index in [1.807, 2.05) is 75.4 Å². The van der Waals surface area contributed by atoms with Crippen LogP contribution < -0.4 is 9.62 Å². The number of hydrogen-bond acceptors (Lipinski definition) is 4. The van der Waals surface area contributed by atoms with E-state index in [-0.39, 0.29) is 29.5 Å². The van der Waals surface area contributed by atoms with E-state index < -0.39 is 28.5 Å². The van der Waals surface area contributed by atoms with Crippen LogP contribution in [0.15, 0.2) is 108 Å². The number of carbonyl (C=O) groups excluding carboxylic acids is 2. The Morgan fingerprint density at radius 3 is 2.14 bits per heavy atom. The zero-order valence-corrected chi connectivity index (χ0v) is 26.1. The van der Waals surface area contributed by atoms with Crippen LogP contribution in [0.25, 0.3) is 0 Å². The molecule has 0 fully saturated rings. The smallest absolute Gasteiger partial charge is 0.264 e. The van der Waals surface area contributed by atoms with Crippen molar-refractivity contribution in [2.24, 2.45) is 0 Å². The van der Waals surface area contributed by atoms with Crippen LogP contribution in [-0.4, -0.2) is 44.3 Å². The first kappa shape index (κ1) is 31.8. The Labute approximate surface area is 259 Å². The standard InChI is InChI=1S/C34H36ClN3O4S/c1-4-36-34(40)32(21-27-11-6-5-7-12-27)37(23-28-13-8-10-26(3)20-28)33(39)24-38(30-15-9-14-29(35)22-30)43(41,42)31-18-16-25(2)17-19-31/h5-20,22,32H,4,21,23-24H2,1-3H3,(H,36,40)/t32-/m1/s1. The number of sulfonamides is 1. The molecular formula is C34H36ClN3O4S. The second-order valence-electron chi connectivity index (χ2n) is 10.4. The molecule has 0 aliphatic heterocycles. The summed E-state index contributed by atoms with van der Waals surface area (Å²) in [4.78, 5) is 29.5. The summed E-state index contributed by atoms with van der Waals surface area (Å²) in [5, 5.41) is 3.20. The molecule has 0 unspecified atom stereocenters. The number of anilines is 1. The normalized spacial score (nSPS) is 11.9. The van der Waals surface area contributed by atoms with Crippen molar-refractivity contribution in [2.75, 3.05) is 17.4 Å². The summed E-state index contributed by atoms with van der Waals surface area (Å²) in [5.41, 5.74) is 3.85. The lowest BCUT2D eigenvalue weighted by Gasteiger charge is -2.34. The fraction of sp³-hybridized carbons (Fsp3) is 0.235. The first-order valence-electron chi connectivity index (χ1n) is 14.1. The summed E-state index contributed by atoms with van der Waals surface area (Å²) >= 11 is 6.27. The van der Waals surface area contributed by atoms with E-state index in [9.17, 15) is 18.0 Å². The van der Waals surface area contributed by atoms with Crippen molar-refractivity contribution >= 4 is 39.1 Å². The van der Waals surface area contributed by atoms with Gasteiger partial charge in [0, 0.05) is 24.5 Å². The predicted molar refractivity (Wildman–Crippen MR) is 172 cm³/mol. The highest BCUT2D eigenvalue weighted by molar-refractivity contribution is 7.92. The number of likely N-dealkylation sites (N-methyl/N-ethyl adjacent to an activating group) is 1. The summed E-state index contributed by atoms with van der Waals surface area (Å²) < 4.78 is 29.2. The van der Waals surface area contributed by atoms with E-state index in [4.69, 9.17) is 11.6 Å². The quantitative estimate of drug-likeness (QED) is 0.214. The van der Waals surface area contributed by atoms with Crippen LogP contribution in [0.1, 0.15) is 29.2 Å². The molecule has 43 heavy (non-hydrogen) atoms. The first-order valence-corrected chi connectivity index (χ1v) is 15.9. The van der Waals surface area contributed by atoms with Crippen molar-refractivity contribution in [2.45, 2.75) is 44.7 Å². The number of aryl methyl sites for hydroxylation is 2. The fourth-order valence-corrected chi connectivity index (χ4v) is 6.44. The Morgan fingerprint density at radius 1 is 0.814 bits per heavy atom. The Morgan fingerprint density at radius 2 is 1.49 bits per heavy atom. The molecule has 4 aromatic carbocycles. The zero-order chi connectivity index (χ0) is 31.0. The number of carbonyl (C=O) groups is 2. The minimum absolute atomic E-state index is 0.0423. The molecule has 0 heterocycles. The average Bonchev–Trinajstić information content (AvgIpc) is 2.98. The van der Waals surface area contributed by atoms with Crippen molar-refractivity contribution in [3.63, 3.8) is 0 Å². The summed E-state index contributed by atoms with van der Waals surface area (Å²) in [6.45, 7) is 5.60. The van der Waals surface area contributed by atoms with Crippen LogP contribution in [0.3, 0.4) is 0 Å². The highest BCUT2D eigenvalue weighted by Gasteiger charge is 2.34. The van der Waals surface area contributed by atoms with Gasteiger partial charge in [-0.25, -0.2) is 8.42 Å². The Bertz CT molecular complexity index is 1660. The minimum Gasteiger partial charge on any atom is -0.355 e. The number of nitrogens with one attached hydrogen (secondary N) is 1. The van der Waals surface area contributed by atoms with Crippen molar-refractivity contribution in [3.05, 3.63) is 130 Å². The van der Waals surface area contributed by atoms with Gasteiger partial charge in [0.25, 0.3) is 10.0 Å². The molecule has 0 saturated heterocycles. The van der Waals surface area contributed by atoms with Gasteiger partial charge in [0.2, 0.25) is 11.8 Å². The third-order valence-corrected chi connectivity index (χ3v) is 9.06. The topological polar surface area (TPSA) is 86.8 Å². The molecule has 1 atom stereocenters. The van der Waals surface area contributed by atoms with E-state index in [0.717, 1.165) is 26.6 Å². The van der Waals surface area contributed by atoms with E-state index in [2.05, 4.69) is 5.32 Å². The van der Waals surface area contributed by atoms with E-state index in [0.29, 0.717) is 11.6 Å². The Balaban J connectivity index is 1.80. The molecular weight excluding hydrogens is 582 g/mol. The van der Waals surface area contributed by atoms with Gasteiger partial charge in [0.05, 0.1) is 10.6 Å². The van der Waals surface area contributed by atoms with Gasteiger partial charge in [-0.15, -0.1) is 0 Å². The van der Waals surface area contributed by atoms with Gasteiger partial charge in [-0.05, 0) is 62.2 Å². The first-order chi connectivity index (χ1) is 20.6. The van der Waals surface area contributed by atoms with E-state index in [1.54, 1.807) is 30.3 Å². The minimum atomic E-state index is -4.18. The number of benzene rings is 4. The number of halogens is 1. The van der Waals surface area contributed by atoms with Crippen LogP contribution in [-0.2, 0) is 32.6 Å². The summed E-state index contributed by atoms with van der Waals surface area (Å²) in [6.07, 6.45) is 0.256. The van der Waals surface area contributed by atoms with Crippen molar-refractivity contribution < 1.29 is 18.0 Å². The lowest BCUT2D eigenvalue weighted by Crippen LogP contribution is -2.53. The summed E-state index contributed by atoms with van der Waals surface area (Å²) in [6, 6.07) is 29.1. The summed E-state index contributed by atoms with van der Waals surface area (Å²) in [5.74, 6) is -0.840. The van der Waals surface area contributed by atoms with Crippen molar-refractivity contribution in [3.8, 4) is 0 Å². The van der Waals surface area contributed by atoms with Gasteiger partial charge in [-0.2, -0.15) is 0 Å². The van der Waals surface area contributed by atoms with Crippen LogP contribution in [0.5, 0.6) is 0 Å². The molecule has 0 aromatic heterocycles. The molecule has 4 rings (SSSR count). The third kappa shape index (κ3) is 8.24. The molecule has 0 radical (unpaired) electrons. The molecule has 0 spiro atoms. The second-order valence-corrected chi connectivity index (χ2v) is 12.7.